The summed E-state index contributed by atoms with van der Waals surface area (Å²) in [5.74, 6) is 0.566. The Hall–Kier alpha value is -2.08. The maximum absolute atomic E-state index is 14.2. The summed E-state index contributed by atoms with van der Waals surface area (Å²) in [6.45, 7) is 5.94. The lowest BCUT2D eigenvalue weighted by atomic mass is 9.85. The molecule has 3 nitrogen and oxygen atoms in total. The minimum Gasteiger partial charge on any atom is -0.338 e. The molecule has 0 saturated heterocycles. The Kier molecular flexibility index (Phi) is 6.37. The lowest BCUT2D eigenvalue weighted by Gasteiger charge is -2.26. The van der Waals surface area contributed by atoms with Crippen LogP contribution in [0.15, 0.2) is 30.5 Å². The zero-order chi connectivity index (χ0) is 19.4. The monoisotopic (exact) mass is 377 g/mol. The first-order valence-corrected chi connectivity index (χ1v) is 9.48. The number of aromatic nitrogens is 1. The van der Waals surface area contributed by atoms with E-state index in [9.17, 15) is 13.2 Å². The largest absolute Gasteiger partial charge is 0.338 e. The van der Waals surface area contributed by atoms with Gasteiger partial charge in [0.05, 0.1) is 11.3 Å². The van der Waals surface area contributed by atoms with E-state index in [1.54, 1.807) is 6.20 Å². The van der Waals surface area contributed by atoms with Gasteiger partial charge in [-0.1, -0.05) is 32.4 Å². The van der Waals surface area contributed by atoms with Gasteiger partial charge < -0.3 is 10.6 Å². The third kappa shape index (κ3) is 4.80. The normalized spacial score (nSPS) is 14.6. The van der Waals surface area contributed by atoms with Gasteiger partial charge in [0.2, 0.25) is 0 Å². The molecule has 0 radical (unpaired) electrons. The average Bonchev–Trinajstić information content (AvgIpc) is 2.59. The van der Waals surface area contributed by atoms with Crippen LogP contribution in [0, 0.1) is 11.7 Å². The second kappa shape index (κ2) is 8.74. The van der Waals surface area contributed by atoms with Crippen LogP contribution in [0.2, 0.25) is 0 Å². The van der Waals surface area contributed by atoms with E-state index < -0.39 is 17.8 Å². The Bertz CT molecular complexity index is 773. The Morgan fingerprint density at radius 3 is 2.59 bits per heavy atom. The van der Waals surface area contributed by atoms with Crippen LogP contribution in [0.5, 0.6) is 0 Å². The fourth-order valence-corrected chi connectivity index (χ4v) is 3.31. The van der Waals surface area contributed by atoms with Crippen molar-refractivity contribution in [3.05, 3.63) is 53.0 Å². The van der Waals surface area contributed by atoms with Crippen molar-refractivity contribution in [2.75, 3.05) is 11.9 Å². The van der Waals surface area contributed by atoms with Gasteiger partial charge in [0.1, 0.15) is 5.82 Å². The van der Waals surface area contributed by atoms with Crippen molar-refractivity contribution in [3.8, 4) is 0 Å². The van der Waals surface area contributed by atoms with Gasteiger partial charge in [-0.25, -0.2) is 18.2 Å². The van der Waals surface area contributed by atoms with Crippen LogP contribution in [0.25, 0.3) is 0 Å². The van der Waals surface area contributed by atoms with Crippen LogP contribution in [-0.2, 0) is 6.54 Å². The molecule has 0 aliphatic heterocycles. The summed E-state index contributed by atoms with van der Waals surface area (Å²) in [6, 6.07) is 5.82. The zero-order valence-electron chi connectivity index (χ0n) is 15.7. The average molecular weight is 377 g/mol. The number of halogens is 3. The number of hydrogen-bond acceptors (Lipinski definition) is 3. The van der Waals surface area contributed by atoms with Gasteiger partial charge in [-0.05, 0) is 54.5 Å². The number of hydrogen-bond donors (Lipinski definition) is 2. The Labute approximate surface area is 158 Å². The summed E-state index contributed by atoms with van der Waals surface area (Å²) in [4.78, 5) is 4.36. The fourth-order valence-electron chi connectivity index (χ4n) is 3.31. The van der Waals surface area contributed by atoms with Crippen LogP contribution >= 0.6 is 0 Å². The van der Waals surface area contributed by atoms with Crippen LogP contribution in [0.1, 0.15) is 62.1 Å². The summed E-state index contributed by atoms with van der Waals surface area (Å²) in [5, 5.41) is 6.34. The van der Waals surface area contributed by atoms with E-state index in [1.807, 2.05) is 6.07 Å². The quantitative estimate of drug-likeness (QED) is 0.600. The molecule has 146 valence electrons. The van der Waals surface area contributed by atoms with E-state index in [0.717, 1.165) is 36.2 Å². The van der Waals surface area contributed by atoms with Crippen molar-refractivity contribution in [2.45, 2.75) is 52.0 Å². The predicted molar refractivity (Wildman–Crippen MR) is 102 cm³/mol. The fraction of sp³-hybridized carbons (Fsp3) is 0.476. The molecule has 1 aromatic carbocycles. The summed E-state index contributed by atoms with van der Waals surface area (Å²) < 4.78 is 40.0. The second-order valence-corrected chi connectivity index (χ2v) is 7.49. The van der Waals surface area contributed by atoms with E-state index in [-0.39, 0.29) is 11.6 Å². The second-order valence-electron chi connectivity index (χ2n) is 7.49. The molecule has 3 rings (SSSR count). The minimum atomic E-state index is -2.85. The molecule has 0 amide bonds. The van der Waals surface area contributed by atoms with Crippen molar-refractivity contribution >= 4 is 11.5 Å². The molecule has 0 bridgehead atoms. The van der Waals surface area contributed by atoms with Crippen LogP contribution in [-0.4, -0.2) is 11.5 Å². The van der Waals surface area contributed by atoms with E-state index in [0.29, 0.717) is 5.82 Å². The van der Waals surface area contributed by atoms with Gasteiger partial charge in [-0.2, -0.15) is 0 Å². The van der Waals surface area contributed by atoms with Crippen LogP contribution < -0.4 is 10.6 Å². The first-order valence-electron chi connectivity index (χ1n) is 9.48. The molecule has 1 aromatic heterocycles. The van der Waals surface area contributed by atoms with Gasteiger partial charge in [-0.3, -0.25) is 0 Å². The van der Waals surface area contributed by atoms with Crippen molar-refractivity contribution < 1.29 is 13.2 Å². The summed E-state index contributed by atoms with van der Waals surface area (Å²) >= 11 is 0. The SMILES string of the molecule is CC(C)c1cc(Nc2cccc(C(F)F)c2F)ncc1CNCC1CCC1. The van der Waals surface area contributed by atoms with Crippen LogP contribution in [0.3, 0.4) is 0 Å². The Balaban J connectivity index is 1.74. The first-order chi connectivity index (χ1) is 13.0. The van der Waals surface area contributed by atoms with E-state index in [4.69, 9.17) is 0 Å². The topological polar surface area (TPSA) is 37.0 Å². The molecule has 1 heterocycles. The van der Waals surface area contributed by atoms with Crippen molar-refractivity contribution in [1.29, 1.82) is 0 Å². The third-order valence-corrected chi connectivity index (χ3v) is 5.14. The Morgan fingerprint density at radius 2 is 1.96 bits per heavy atom. The molecule has 6 heteroatoms. The highest BCUT2D eigenvalue weighted by Crippen LogP contribution is 2.30. The molecule has 0 spiro atoms. The number of benzene rings is 1. The molecule has 1 aliphatic rings. The number of anilines is 2. The van der Waals surface area contributed by atoms with Crippen molar-refractivity contribution in [1.82, 2.24) is 10.3 Å². The highest BCUT2D eigenvalue weighted by Gasteiger charge is 2.18. The highest BCUT2D eigenvalue weighted by molar-refractivity contribution is 5.59. The highest BCUT2D eigenvalue weighted by atomic mass is 19.3. The van der Waals surface area contributed by atoms with Gasteiger partial charge in [-0.15, -0.1) is 0 Å². The summed E-state index contributed by atoms with van der Waals surface area (Å²) in [6.07, 6.45) is 2.85. The lowest BCUT2D eigenvalue weighted by Crippen LogP contribution is -2.27. The number of pyridine rings is 1. The standard InChI is InChI=1S/C21H26F3N3/c1-13(2)17-9-19(26-12-15(17)11-25-10-14-5-3-6-14)27-18-8-4-7-16(20(18)22)21(23)24/h4,7-9,12-14,21,25H,3,5-6,10-11H2,1-2H3,(H,26,27). The molecular formula is C21H26F3N3. The lowest BCUT2D eigenvalue weighted by molar-refractivity contribution is 0.146. The Morgan fingerprint density at radius 1 is 1.19 bits per heavy atom. The third-order valence-electron chi connectivity index (χ3n) is 5.14. The molecule has 2 aromatic rings. The molecule has 1 fully saturated rings. The van der Waals surface area contributed by atoms with Crippen LogP contribution in [0.4, 0.5) is 24.7 Å². The van der Waals surface area contributed by atoms with Gasteiger partial charge >= 0.3 is 0 Å². The zero-order valence-corrected chi connectivity index (χ0v) is 15.7. The molecular weight excluding hydrogens is 351 g/mol. The van der Waals surface area contributed by atoms with Gasteiger partial charge in [0.15, 0.2) is 5.82 Å². The molecule has 2 N–H and O–H groups in total. The minimum absolute atomic E-state index is 0.00543. The first kappa shape index (κ1) is 19.7. The molecule has 0 atom stereocenters. The van der Waals surface area contributed by atoms with E-state index in [1.165, 1.54) is 31.4 Å². The maximum Gasteiger partial charge on any atom is 0.266 e. The summed E-state index contributed by atoms with van der Waals surface area (Å²) in [5.41, 5.74) is 1.61. The number of nitrogens with zero attached hydrogens (tertiary/aromatic N) is 1. The molecule has 1 saturated carbocycles. The number of rotatable bonds is 8. The number of alkyl halides is 2. The molecule has 27 heavy (non-hydrogen) atoms. The smallest absolute Gasteiger partial charge is 0.266 e. The summed E-state index contributed by atoms with van der Waals surface area (Å²) in [7, 11) is 0. The number of nitrogens with one attached hydrogen (secondary N) is 2. The van der Waals surface area contributed by atoms with Gasteiger partial charge in [0.25, 0.3) is 6.43 Å². The predicted octanol–water partition coefficient (Wildman–Crippen LogP) is 5.92. The molecule has 0 unspecified atom stereocenters. The van der Waals surface area contributed by atoms with Crippen molar-refractivity contribution in [3.63, 3.8) is 0 Å². The van der Waals surface area contributed by atoms with E-state index in [2.05, 4.69) is 29.5 Å². The van der Waals surface area contributed by atoms with Crippen molar-refractivity contribution in [2.24, 2.45) is 5.92 Å². The van der Waals surface area contributed by atoms with E-state index >= 15 is 0 Å². The maximum atomic E-state index is 14.2. The molecule has 1 aliphatic carbocycles. The van der Waals surface area contributed by atoms with Gasteiger partial charge in [0, 0.05) is 12.7 Å².